The highest BCUT2D eigenvalue weighted by atomic mass is 16.6. The summed E-state index contributed by atoms with van der Waals surface area (Å²) in [4.78, 5) is 14.0. The Balaban J connectivity index is 1.92. The molecule has 18 heavy (non-hydrogen) atoms. The molecule has 1 aliphatic carbocycles. The van der Waals surface area contributed by atoms with Crippen LogP contribution >= 0.6 is 0 Å². The highest BCUT2D eigenvalue weighted by Gasteiger charge is 2.37. The first-order valence-corrected chi connectivity index (χ1v) is 7.02. The molecular weight excluding hydrogens is 228 g/mol. The number of carbonyl (C=O) groups is 1. The van der Waals surface area contributed by atoms with E-state index in [1.54, 1.807) is 0 Å². The van der Waals surface area contributed by atoms with Gasteiger partial charge < -0.3 is 15.0 Å². The molecule has 1 N–H and O–H groups in total. The Morgan fingerprint density at radius 2 is 1.72 bits per heavy atom. The summed E-state index contributed by atoms with van der Waals surface area (Å²) in [6.45, 7) is 7.50. The predicted octanol–water partition coefficient (Wildman–Crippen LogP) is 2.24. The van der Waals surface area contributed by atoms with Crippen molar-refractivity contribution in [1.82, 2.24) is 10.2 Å². The molecule has 2 fully saturated rings. The van der Waals surface area contributed by atoms with E-state index in [0.29, 0.717) is 17.9 Å². The van der Waals surface area contributed by atoms with Crippen LogP contribution in [0.25, 0.3) is 0 Å². The second-order valence-corrected chi connectivity index (χ2v) is 6.81. The standard InChI is InChI=1S/C14H26N2O2/c1-14(2,3)18-13(17)16-8-10-5-11(9-16)7-12(6-10)15-4/h10-12,15H,5-9H2,1-4H3. The lowest BCUT2D eigenvalue weighted by Gasteiger charge is -2.44. The first-order chi connectivity index (χ1) is 8.37. The number of hydrogen-bond donors (Lipinski definition) is 1. The van der Waals surface area contributed by atoms with E-state index in [1.165, 1.54) is 19.3 Å². The van der Waals surface area contributed by atoms with E-state index in [9.17, 15) is 4.79 Å². The van der Waals surface area contributed by atoms with Crippen molar-refractivity contribution in [2.45, 2.75) is 51.7 Å². The fraction of sp³-hybridized carbons (Fsp3) is 0.929. The van der Waals surface area contributed by atoms with Gasteiger partial charge in [0.2, 0.25) is 0 Å². The average molecular weight is 254 g/mol. The summed E-state index contributed by atoms with van der Waals surface area (Å²) in [5, 5.41) is 3.38. The van der Waals surface area contributed by atoms with Gasteiger partial charge in [0.1, 0.15) is 5.60 Å². The maximum absolute atomic E-state index is 12.1. The van der Waals surface area contributed by atoms with Gasteiger partial charge in [0.05, 0.1) is 0 Å². The largest absolute Gasteiger partial charge is 0.444 e. The number of fused-ring (bicyclic) bond motifs is 2. The molecule has 1 aliphatic heterocycles. The maximum atomic E-state index is 12.1. The van der Waals surface area contributed by atoms with Crippen molar-refractivity contribution in [2.24, 2.45) is 11.8 Å². The topological polar surface area (TPSA) is 41.6 Å². The quantitative estimate of drug-likeness (QED) is 0.780. The fourth-order valence-corrected chi connectivity index (χ4v) is 3.27. The SMILES string of the molecule is CNC1CC2CC(C1)CN(C(=O)OC(C)(C)C)C2. The number of rotatable bonds is 1. The Kier molecular flexibility index (Phi) is 3.85. The van der Waals surface area contributed by atoms with E-state index in [-0.39, 0.29) is 6.09 Å². The Morgan fingerprint density at radius 3 is 2.17 bits per heavy atom. The molecule has 0 aromatic rings. The van der Waals surface area contributed by atoms with E-state index in [1.807, 2.05) is 32.7 Å². The van der Waals surface area contributed by atoms with Crippen LogP contribution in [0.15, 0.2) is 0 Å². The van der Waals surface area contributed by atoms with Crippen molar-refractivity contribution in [1.29, 1.82) is 0 Å². The van der Waals surface area contributed by atoms with Crippen molar-refractivity contribution in [2.75, 3.05) is 20.1 Å². The summed E-state index contributed by atoms with van der Waals surface area (Å²) < 4.78 is 5.47. The van der Waals surface area contributed by atoms with Crippen LogP contribution < -0.4 is 5.32 Å². The van der Waals surface area contributed by atoms with Gasteiger partial charge in [-0.3, -0.25) is 0 Å². The van der Waals surface area contributed by atoms with E-state index in [2.05, 4.69) is 5.32 Å². The smallest absolute Gasteiger partial charge is 0.410 e. The molecule has 0 aromatic carbocycles. The first kappa shape index (κ1) is 13.7. The molecule has 1 amide bonds. The molecule has 104 valence electrons. The lowest BCUT2D eigenvalue weighted by atomic mass is 9.75. The van der Waals surface area contributed by atoms with Crippen molar-refractivity contribution in [3.63, 3.8) is 0 Å². The van der Waals surface area contributed by atoms with E-state index < -0.39 is 5.60 Å². The zero-order valence-corrected chi connectivity index (χ0v) is 12.0. The number of nitrogens with one attached hydrogen (secondary N) is 1. The van der Waals surface area contributed by atoms with Crippen molar-refractivity contribution in [3.8, 4) is 0 Å². The zero-order valence-electron chi connectivity index (χ0n) is 12.0. The summed E-state index contributed by atoms with van der Waals surface area (Å²) in [6.07, 6.45) is 3.51. The van der Waals surface area contributed by atoms with Gasteiger partial charge in [-0.1, -0.05) is 0 Å². The molecule has 1 saturated heterocycles. The van der Waals surface area contributed by atoms with Crippen LogP contribution in [0.5, 0.6) is 0 Å². The Bertz CT molecular complexity index is 297. The second kappa shape index (κ2) is 5.08. The second-order valence-electron chi connectivity index (χ2n) is 6.81. The first-order valence-electron chi connectivity index (χ1n) is 7.02. The third kappa shape index (κ3) is 3.37. The summed E-state index contributed by atoms with van der Waals surface area (Å²) in [7, 11) is 2.04. The van der Waals surface area contributed by atoms with Gasteiger partial charge in [-0.05, 0) is 58.9 Å². The summed E-state index contributed by atoms with van der Waals surface area (Å²) in [6, 6.07) is 0.634. The van der Waals surface area contributed by atoms with Crippen molar-refractivity contribution >= 4 is 6.09 Å². The highest BCUT2D eigenvalue weighted by Crippen LogP contribution is 2.35. The van der Waals surface area contributed by atoms with Gasteiger partial charge in [0, 0.05) is 19.1 Å². The maximum Gasteiger partial charge on any atom is 0.410 e. The monoisotopic (exact) mass is 254 g/mol. The lowest BCUT2D eigenvalue weighted by Crippen LogP contribution is -2.51. The van der Waals surface area contributed by atoms with Crippen LogP contribution in [0, 0.1) is 11.8 Å². The molecule has 4 nitrogen and oxygen atoms in total. The van der Waals surface area contributed by atoms with Gasteiger partial charge >= 0.3 is 6.09 Å². The summed E-state index contributed by atoms with van der Waals surface area (Å²) in [5.41, 5.74) is -0.392. The summed E-state index contributed by atoms with van der Waals surface area (Å²) in [5.74, 6) is 1.28. The van der Waals surface area contributed by atoms with E-state index in [0.717, 1.165) is 13.1 Å². The molecule has 1 saturated carbocycles. The van der Waals surface area contributed by atoms with Crippen LogP contribution in [-0.2, 0) is 4.74 Å². The van der Waals surface area contributed by atoms with Gasteiger partial charge in [-0.15, -0.1) is 0 Å². The minimum absolute atomic E-state index is 0.139. The van der Waals surface area contributed by atoms with Gasteiger partial charge in [0.15, 0.2) is 0 Å². The van der Waals surface area contributed by atoms with Gasteiger partial charge in [-0.2, -0.15) is 0 Å². The molecule has 2 aliphatic rings. The molecule has 4 heteroatoms. The molecule has 0 aromatic heterocycles. The number of piperidine rings is 1. The van der Waals surface area contributed by atoms with Crippen LogP contribution in [0.4, 0.5) is 4.79 Å². The van der Waals surface area contributed by atoms with Crippen LogP contribution in [0.1, 0.15) is 40.0 Å². The number of nitrogens with zero attached hydrogens (tertiary/aromatic N) is 1. The molecular formula is C14H26N2O2. The number of amides is 1. The van der Waals surface area contributed by atoms with Crippen LogP contribution in [0.2, 0.25) is 0 Å². The predicted molar refractivity (Wildman–Crippen MR) is 71.5 cm³/mol. The number of likely N-dealkylation sites (tertiary alicyclic amines) is 1. The molecule has 2 atom stereocenters. The van der Waals surface area contributed by atoms with E-state index in [4.69, 9.17) is 4.74 Å². The molecule has 2 bridgehead atoms. The molecule has 1 heterocycles. The Labute approximate surface area is 110 Å². The van der Waals surface area contributed by atoms with Crippen LogP contribution in [0.3, 0.4) is 0 Å². The third-order valence-corrected chi connectivity index (χ3v) is 3.92. The minimum Gasteiger partial charge on any atom is -0.444 e. The summed E-state index contributed by atoms with van der Waals surface area (Å²) >= 11 is 0. The average Bonchev–Trinajstić information content (AvgIpc) is 2.25. The van der Waals surface area contributed by atoms with Crippen molar-refractivity contribution in [3.05, 3.63) is 0 Å². The molecule has 0 radical (unpaired) electrons. The fourth-order valence-electron chi connectivity index (χ4n) is 3.27. The van der Waals surface area contributed by atoms with Crippen molar-refractivity contribution < 1.29 is 9.53 Å². The molecule has 2 rings (SSSR count). The third-order valence-electron chi connectivity index (χ3n) is 3.92. The van der Waals surface area contributed by atoms with Gasteiger partial charge in [-0.25, -0.2) is 4.79 Å². The van der Waals surface area contributed by atoms with Gasteiger partial charge in [0.25, 0.3) is 0 Å². The van der Waals surface area contributed by atoms with Crippen LogP contribution in [-0.4, -0.2) is 42.8 Å². The number of carbonyl (C=O) groups excluding carboxylic acids is 1. The highest BCUT2D eigenvalue weighted by molar-refractivity contribution is 5.68. The molecule has 2 unspecified atom stereocenters. The zero-order chi connectivity index (χ0) is 13.3. The molecule has 0 spiro atoms. The Hall–Kier alpha value is -0.770. The number of hydrogen-bond acceptors (Lipinski definition) is 3. The number of ether oxygens (including phenoxy) is 1. The van der Waals surface area contributed by atoms with E-state index >= 15 is 0 Å². The minimum atomic E-state index is -0.392. The Morgan fingerprint density at radius 1 is 1.17 bits per heavy atom. The lowest BCUT2D eigenvalue weighted by molar-refractivity contribution is 0.000512. The normalized spacial score (nSPS) is 32.2.